The quantitative estimate of drug-likeness (QED) is 0.480. The summed E-state index contributed by atoms with van der Waals surface area (Å²) < 4.78 is 0.0124. The summed E-state index contributed by atoms with van der Waals surface area (Å²) in [5, 5.41) is 14.0. The van der Waals surface area contributed by atoms with E-state index in [2.05, 4.69) is 19.2 Å². The molecule has 94 valence electrons. The van der Waals surface area contributed by atoms with E-state index in [1.807, 2.05) is 6.26 Å². The van der Waals surface area contributed by atoms with Gasteiger partial charge in [-0.1, -0.05) is 6.07 Å². The molecule has 0 bridgehead atoms. The lowest BCUT2D eigenvalue weighted by Crippen LogP contribution is -2.26. The number of nitrogen functional groups attached to an aromatic ring is 1. The van der Waals surface area contributed by atoms with Crippen molar-refractivity contribution in [3.63, 3.8) is 0 Å². The number of nitro benzene ring substituents is 1. The number of rotatable bonds is 5. The Kier molecular flexibility index (Phi) is 4.22. The van der Waals surface area contributed by atoms with Crippen LogP contribution in [0.1, 0.15) is 13.8 Å². The average molecular weight is 255 g/mol. The maximum atomic E-state index is 10.9. The third kappa shape index (κ3) is 3.52. The number of nitrogens with one attached hydrogen (secondary N) is 1. The third-order valence-electron chi connectivity index (χ3n) is 2.51. The first-order chi connectivity index (χ1) is 7.87. The Morgan fingerprint density at radius 2 is 2.18 bits per heavy atom. The van der Waals surface area contributed by atoms with Crippen molar-refractivity contribution in [1.29, 1.82) is 0 Å². The van der Waals surface area contributed by atoms with Gasteiger partial charge in [0.2, 0.25) is 0 Å². The first-order valence-corrected chi connectivity index (χ1v) is 6.42. The zero-order valence-corrected chi connectivity index (χ0v) is 11.0. The molecule has 5 nitrogen and oxygen atoms in total. The van der Waals surface area contributed by atoms with Crippen LogP contribution in [0.25, 0.3) is 0 Å². The Morgan fingerprint density at radius 3 is 2.71 bits per heavy atom. The van der Waals surface area contributed by atoms with Crippen molar-refractivity contribution in [2.24, 2.45) is 0 Å². The second kappa shape index (κ2) is 5.27. The van der Waals surface area contributed by atoms with Crippen LogP contribution in [0.4, 0.5) is 17.1 Å². The summed E-state index contributed by atoms with van der Waals surface area (Å²) in [6.07, 6.45) is 2.01. The molecule has 1 aromatic carbocycles. The van der Waals surface area contributed by atoms with E-state index >= 15 is 0 Å². The molecule has 0 atom stereocenters. The van der Waals surface area contributed by atoms with Crippen molar-refractivity contribution in [3.8, 4) is 0 Å². The predicted molar refractivity (Wildman–Crippen MR) is 73.6 cm³/mol. The highest BCUT2D eigenvalue weighted by molar-refractivity contribution is 7.99. The minimum Gasteiger partial charge on any atom is -0.393 e. The number of hydrogen-bond donors (Lipinski definition) is 2. The molecule has 0 heterocycles. The highest BCUT2D eigenvalue weighted by Crippen LogP contribution is 2.31. The molecule has 0 fully saturated rings. The minimum absolute atomic E-state index is 0.0124. The Morgan fingerprint density at radius 1 is 1.53 bits per heavy atom. The second-order valence-electron chi connectivity index (χ2n) is 4.32. The lowest BCUT2D eigenvalue weighted by atomic mass is 10.2. The number of benzene rings is 1. The van der Waals surface area contributed by atoms with Gasteiger partial charge in [-0.15, -0.1) is 0 Å². The molecular formula is C11H17N3O2S. The molecule has 0 unspecified atom stereocenters. The number of nitrogens with two attached hydrogens (primary N) is 1. The summed E-state index contributed by atoms with van der Waals surface area (Å²) in [7, 11) is 0. The molecule has 6 heteroatoms. The Bertz CT molecular complexity index is 421. The number of hydrogen-bond acceptors (Lipinski definition) is 5. The van der Waals surface area contributed by atoms with Crippen LogP contribution in [-0.2, 0) is 0 Å². The largest absolute Gasteiger partial charge is 0.393 e. The molecule has 0 radical (unpaired) electrons. The van der Waals surface area contributed by atoms with E-state index in [0.29, 0.717) is 12.2 Å². The van der Waals surface area contributed by atoms with Crippen molar-refractivity contribution >= 4 is 28.8 Å². The van der Waals surface area contributed by atoms with Gasteiger partial charge < -0.3 is 11.1 Å². The van der Waals surface area contributed by atoms with Crippen LogP contribution in [0.15, 0.2) is 18.2 Å². The smallest absolute Gasteiger partial charge is 0.314 e. The lowest BCUT2D eigenvalue weighted by molar-refractivity contribution is -0.383. The van der Waals surface area contributed by atoms with Crippen LogP contribution in [-0.4, -0.2) is 22.5 Å². The maximum Gasteiger partial charge on any atom is 0.314 e. The van der Waals surface area contributed by atoms with Crippen LogP contribution in [0.3, 0.4) is 0 Å². The van der Waals surface area contributed by atoms with E-state index < -0.39 is 4.92 Å². The van der Waals surface area contributed by atoms with Crippen molar-refractivity contribution < 1.29 is 4.92 Å². The van der Waals surface area contributed by atoms with Gasteiger partial charge >= 0.3 is 5.69 Å². The molecular weight excluding hydrogens is 238 g/mol. The molecule has 17 heavy (non-hydrogen) atoms. The number of para-hydroxylation sites is 1. The fraction of sp³-hybridized carbons (Fsp3) is 0.455. The van der Waals surface area contributed by atoms with Crippen molar-refractivity contribution in [2.45, 2.75) is 18.6 Å². The summed E-state index contributed by atoms with van der Waals surface area (Å²) in [5.41, 5.74) is 6.21. The Labute approximate surface area is 105 Å². The van der Waals surface area contributed by atoms with E-state index in [-0.39, 0.29) is 16.1 Å². The average Bonchev–Trinajstić information content (AvgIpc) is 2.26. The van der Waals surface area contributed by atoms with Crippen LogP contribution in [0.5, 0.6) is 0 Å². The van der Waals surface area contributed by atoms with Gasteiger partial charge in [0.05, 0.1) is 4.92 Å². The van der Waals surface area contributed by atoms with Crippen LogP contribution in [0, 0.1) is 10.1 Å². The Balaban J connectivity index is 2.92. The van der Waals surface area contributed by atoms with Gasteiger partial charge in [-0.3, -0.25) is 10.1 Å². The van der Waals surface area contributed by atoms with Crippen LogP contribution in [0.2, 0.25) is 0 Å². The topological polar surface area (TPSA) is 81.2 Å². The van der Waals surface area contributed by atoms with Gasteiger partial charge in [0.25, 0.3) is 0 Å². The number of nitro groups is 1. The molecule has 1 rings (SSSR count). The monoisotopic (exact) mass is 255 g/mol. The summed E-state index contributed by atoms with van der Waals surface area (Å²) in [4.78, 5) is 10.5. The first-order valence-electron chi connectivity index (χ1n) is 5.19. The molecule has 0 aliphatic rings. The molecule has 3 N–H and O–H groups in total. The van der Waals surface area contributed by atoms with Gasteiger partial charge in [-0.25, -0.2) is 0 Å². The minimum atomic E-state index is -0.455. The SMILES string of the molecule is CSC(C)(C)CNc1cccc(N)c1[N+](=O)[O-]. The number of thioether (sulfide) groups is 1. The second-order valence-corrected chi connectivity index (χ2v) is 5.83. The highest BCUT2D eigenvalue weighted by atomic mass is 32.2. The zero-order valence-electron chi connectivity index (χ0n) is 10.2. The van der Waals surface area contributed by atoms with Gasteiger partial charge in [-0.05, 0) is 32.2 Å². The normalized spacial score (nSPS) is 11.2. The molecule has 0 aliphatic carbocycles. The number of nitrogens with zero attached hydrogens (tertiary/aromatic N) is 1. The number of anilines is 2. The fourth-order valence-corrected chi connectivity index (χ4v) is 1.50. The summed E-state index contributed by atoms with van der Waals surface area (Å²) in [6, 6.07) is 4.91. The molecule has 0 aliphatic heterocycles. The molecule has 0 saturated heterocycles. The fourth-order valence-electron chi connectivity index (χ4n) is 1.29. The van der Waals surface area contributed by atoms with Crippen molar-refractivity contribution in [1.82, 2.24) is 0 Å². The van der Waals surface area contributed by atoms with Gasteiger partial charge in [-0.2, -0.15) is 11.8 Å². The predicted octanol–water partition coefficient (Wildman–Crippen LogP) is 2.73. The summed E-state index contributed by atoms with van der Waals surface area (Å²) in [5.74, 6) is 0. The van der Waals surface area contributed by atoms with Crippen molar-refractivity contribution in [3.05, 3.63) is 28.3 Å². The molecule has 0 spiro atoms. The van der Waals surface area contributed by atoms with E-state index in [1.54, 1.807) is 23.9 Å². The van der Waals surface area contributed by atoms with Gasteiger partial charge in [0.1, 0.15) is 11.4 Å². The molecule has 1 aromatic rings. The standard InChI is InChI=1S/C11H17N3O2S/c1-11(2,17-3)7-13-9-6-4-5-8(12)10(9)14(15)16/h4-6,13H,7,12H2,1-3H3. The molecule has 0 saturated carbocycles. The van der Waals surface area contributed by atoms with E-state index in [9.17, 15) is 10.1 Å². The van der Waals surface area contributed by atoms with E-state index in [4.69, 9.17) is 5.73 Å². The maximum absolute atomic E-state index is 10.9. The summed E-state index contributed by atoms with van der Waals surface area (Å²) >= 11 is 1.70. The molecule has 0 aromatic heterocycles. The third-order valence-corrected chi connectivity index (χ3v) is 3.76. The molecule has 0 amide bonds. The van der Waals surface area contributed by atoms with E-state index in [1.165, 1.54) is 6.07 Å². The summed E-state index contributed by atoms with van der Waals surface area (Å²) in [6.45, 7) is 4.78. The van der Waals surface area contributed by atoms with E-state index in [0.717, 1.165) is 0 Å². The van der Waals surface area contributed by atoms with Crippen LogP contribution >= 0.6 is 11.8 Å². The zero-order chi connectivity index (χ0) is 13.1. The Hall–Kier alpha value is -1.43. The van der Waals surface area contributed by atoms with Crippen molar-refractivity contribution in [2.75, 3.05) is 23.9 Å². The van der Waals surface area contributed by atoms with Crippen LogP contribution < -0.4 is 11.1 Å². The van der Waals surface area contributed by atoms with Gasteiger partial charge in [0.15, 0.2) is 0 Å². The first kappa shape index (κ1) is 13.6. The van der Waals surface area contributed by atoms with Gasteiger partial charge in [0, 0.05) is 11.3 Å². The highest BCUT2D eigenvalue weighted by Gasteiger charge is 2.21. The lowest BCUT2D eigenvalue weighted by Gasteiger charge is -2.22.